The van der Waals surface area contributed by atoms with Gasteiger partial charge in [0.25, 0.3) is 11.6 Å². The van der Waals surface area contributed by atoms with Gasteiger partial charge in [-0.15, -0.1) is 10.2 Å². The molecular weight excluding hydrogens is 423 g/mol. The summed E-state index contributed by atoms with van der Waals surface area (Å²) in [6, 6.07) is 11.4. The number of carbonyl (C=O) groups is 2. The molecule has 2 atom stereocenters. The molecule has 0 aliphatic carbocycles. The van der Waals surface area contributed by atoms with Crippen molar-refractivity contribution in [2.45, 2.75) is 19.4 Å². The van der Waals surface area contributed by atoms with E-state index in [4.69, 9.17) is 9.15 Å². The maximum absolute atomic E-state index is 14.0. The van der Waals surface area contributed by atoms with E-state index >= 15 is 0 Å². The Morgan fingerprint density at radius 2 is 1.97 bits per heavy atom. The quantitative estimate of drug-likeness (QED) is 0.324. The van der Waals surface area contributed by atoms with Gasteiger partial charge in [-0.25, -0.2) is 4.39 Å². The number of non-ortho nitro benzene ring substituents is 1. The highest BCUT2D eigenvalue weighted by molar-refractivity contribution is 5.99. The van der Waals surface area contributed by atoms with Crippen molar-refractivity contribution >= 4 is 23.3 Å². The molecule has 164 valence electrons. The largest absolute Gasteiger partial charge is 0.452 e. The molecular formula is C21H17FN4O6. The van der Waals surface area contributed by atoms with Gasteiger partial charge in [-0.3, -0.25) is 19.7 Å². The van der Waals surface area contributed by atoms with Crippen LogP contribution in [0.4, 0.5) is 15.8 Å². The van der Waals surface area contributed by atoms with Crippen LogP contribution in [-0.2, 0) is 14.3 Å². The fourth-order valence-electron chi connectivity index (χ4n) is 3.33. The number of para-hydroxylation sites is 1. The fourth-order valence-corrected chi connectivity index (χ4v) is 3.33. The predicted octanol–water partition coefficient (Wildman–Crippen LogP) is 3.44. The predicted molar refractivity (Wildman–Crippen MR) is 108 cm³/mol. The summed E-state index contributed by atoms with van der Waals surface area (Å²) in [4.78, 5) is 36.3. The lowest BCUT2D eigenvalue weighted by molar-refractivity contribution is -0.384. The summed E-state index contributed by atoms with van der Waals surface area (Å²) in [7, 11) is 0. The minimum atomic E-state index is -0.889. The smallest absolute Gasteiger partial charge is 0.312 e. The topological polar surface area (TPSA) is 129 Å². The molecule has 2 aromatic carbocycles. The Balaban J connectivity index is 1.41. The van der Waals surface area contributed by atoms with Gasteiger partial charge in [-0.05, 0) is 31.2 Å². The van der Waals surface area contributed by atoms with Gasteiger partial charge < -0.3 is 14.1 Å². The molecule has 1 aliphatic heterocycles. The normalized spacial score (nSPS) is 16.8. The number of esters is 1. The molecule has 4 rings (SSSR count). The second-order valence-corrected chi connectivity index (χ2v) is 7.19. The number of aromatic nitrogens is 2. The minimum Gasteiger partial charge on any atom is -0.452 e. The van der Waals surface area contributed by atoms with Gasteiger partial charge in [0.15, 0.2) is 6.10 Å². The Kier molecular flexibility index (Phi) is 5.63. The van der Waals surface area contributed by atoms with Gasteiger partial charge in [0.1, 0.15) is 5.82 Å². The van der Waals surface area contributed by atoms with E-state index in [1.54, 1.807) is 6.07 Å². The van der Waals surface area contributed by atoms with E-state index in [0.717, 1.165) is 0 Å². The molecule has 1 aromatic heterocycles. The summed E-state index contributed by atoms with van der Waals surface area (Å²) < 4.78 is 24.9. The number of nitro benzene ring substituents is 1. The molecule has 0 N–H and O–H groups in total. The average Bonchev–Trinajstić information content (AvgIpc) is 3.41. The third-order valence-electron chi connectivity index (χ3n) is 5.01. The second kappa shape index (κ2) is 8.53. The first-order valence-electron chi connectivity index (χ1n) is 9.67. The van der Waals surface area contributed by atoms with E-state index in [2.05, 4.69) is 10.2 Å². The number of nitrogens with zero attached hydrogens (tertiary/aromatic N) is 4. The molecule has 1 aliphatic rings. The molecule has 0 bridgehead atoms. The van der Waals surface area contributed by atoms with Crippen molar-refractivity contribution in [1.29, 1.82) is 0 Å². The van der Waals surface area contributed by atoms with E-state index in [1.165, 1.54) is 54.3 Å². The molecule has 10 nitrogen and oxygen atoms in total. The van der Waals surface area contributed by atoms with Crippen LogP contribution in [0.1, 0.15) is 25.3 Å². The molecule has 3 aromatic rings. The zero-order valence-corrected chi connectivity index (χ0v) is 16.8. The number of rotatable bonds is 6. The Hall–Kier alpha value is -4.15. The first-order chi connectivity index (χ1) is 15.3. The molecule has 1 saturated heterocycles. The van der Waals surface area contributed by atoms with Crippen LogP contribution < -0.4 is 4.90 Å². The number of amides is 1. The molecule has 0 unspecified atom stereocenters. The number of carbonyl (C=O) groups excluding carboxylic acids is 2. The zero-order valence-electron chi connectivity index (χ0n) is 16.8. The number of anilines is 1. The van der Waals surface area contributed by atoms with Crippen LogP contribution in [0.15, 0.2) is 52.9 Å². The minimum absolute atomic E-state index is 0.00317. The SMILES string of the molecule is C[C@@H](OC(=O)[C@@H]1CC(=O)N(c2ccccc2F)C1)c1nnc(-c2ccc([N+](=O)[O-])cc2)o1. The number of ether oxygens (including phenoxy) is 1. The molecule has 2 heterocycles. The highest BCUT2D eigenvalue weighted by Crippen LogP contribution is 2.30. The zero-order chi connectivity index (χ0) is 22.8. The summed E-state index contributed by atoms with van der Waals surface area (Å²) in [5, 5.41) is 18.5. The number of hydrogen-bond acceptors (Lipinski definition) is 8. The Bertz CT molecular complexity index is 1180. The van der Waals surface area contributed by atoms with Gasteiger partial charge in [0.05, 0.1) is 16.5 Å². The van der Waals surface area contributed by atoms with Gasteiger partial charge in [-0.1, -0.05) is 12.1 Å². The van der Waals surface area contributed by atoms with Crippen molar-refractivity contribution in [3.05, 3.63) is 70.4 Å². The van der Waals surface area contributed by atoms with Crippen molar-refractivity contribution in [2.24, 2.45) is 5.92 Å². The van der Waals surface area contributed by atoms with Crippen molar-refractivity contribution in [1.82, 2.24) is 10.2 Å². The van der Waals surface area contributed by atoms with Gasteiger partial charge >= 0.3 is 5.97 Å². The summed E-state index contributed by atoms with van der Waals surface area (Å²) >= 11 is 0. The molecule has 32 heavy (non-hydrogen) atoms. The van der Waals surface area contributed by atoms with Gasteiger partial charge in [-0.2, -0.15) is 0 Å². The molecule has 0 radical (unpaired) electrons. The van der Waals surface area contributed by atoms with Gasteiger partial charge in [0, 0.05) is 30.7 Å². The fraction of sp³-hybridized carbons (Fsp3) is 0.238. The third kappa shape index (κ3) is 4.17. The van der Waals surface area contributed by atoms with E-state index in [-0.39, 0.29) is 42.0 Å². The number of hydrogen-bond donors (Lipinski definition) is 0. The van der Waals surface area contributed by atoms with E-state index < -0.39 is 28.7 Å². The maximum Gasteiger partial charge on any atom is 0.312 e. The summed E-state index contributed by atoms with van der Waals surface area (Å²) in [5.41, 5.74) is 0.506. The summed E-state index contributed by atoms with van der Waals surface area (Å²) in [6.45, 7) is 1.54. The Morgan fingerprint density at radius 3 is 2.66 bits per heavy atom. The lowest BCUT2D eigenvalue weighted by atomic mass is 10.1. The first kappa shape index (κ1) is 21.1. The van der Waals surface area contributed by atoms with E-state index in [1.807, 2.05) is 0 Å². The lowest BCUT2D eigenvalue weighted by Crippen LogP contribution is -2.27. The summed E-state index contributed by atoms with van der Waals surface area (Å²) in [5.74, 6) is -2.18. The van der Waals surface area contributed by atoms with Crippen LogP contribution in [0.25, 0.3) is 11.5 Å². The average molecular weight is 440 g/mol. The highest BCUT2D eigenvalue weighted by atomic mass is 19.1. The second-order valence-electron chi connectivity index (χ2n) is 7.19. The number of nitro groups is 1. The van der Waals surface area contributed by atoms with Crippen molar-refractivity contribution in [2.75, 3.05) is 11.4 Å². The molecule has 1 amide bonds. The Morgan fingerprint density at radius 1 is 1.25 bits per heavy atom. The number of halogens is 1. The molecule has 0 saturated carbocycles. The maximum atomic E-state index is 14.0. The Labute approximate surface area is 180 Å². The highest BCUT2D eigenvalue weighted by Gasteiger charge is 2.38. The van der Waals surface area contributed by atoms with Crippen LogP contribution in [0.3, 0.4) is 0 Å². The number of benzene rings is 2. The van der Waals surface area contributed by atoms with Crippen LogP contribution in [0, 0.1) is 21.8 Å². The molecule has 0 spiro atoms. The lowest BCUT2D eigenvalue weighted by Gasteiger charge is -2.17. The first-order valence-corrected chi connectivity index (χ1v) is 9.67. The standard InChI is InChI=1S/C21H17FN4O6/c1-12(19-23-24-20(32-19)13-6-8-15(9-7-13)26(29)30)31-21(28)14-10-18(27)25(11-14)17-5-3-2-4-16(17)22/h2-9,12,14H,10-11H2,1H3/t12-,14-/m1/s1. The molecule has 11 heteroatoms. The summed E-state index contributed by atoms with van der Waals surface area (Å²) in [6.07, 6.45) is -0.989. The van der Waals surface area contributed by atoms with E-state index in [0.29, 0.717) is 5.56 Å². The van der Waals surface area contributed by atoms with Crippen LogP contribution in [-0.4, -0.2) is 33.5 Å². The molecule has 1 fully saturated rings. The van der Waals surface area contributed by atoms with Gasteiger partial charge in [0.2, 0.25) is 11.8 Å². The van der Waals surface area contributed by atoms with Crippen molar-refractivity contribution < 1.29 is 28.1 Å². The van der Waals surface area contributed by atoms with Crippen molar-refractivity contribution in [3.63, 3.8) is 0 Å². The van der Waals surface area contributed by atoms with Crippen LogP contribution >= 0.6 is 0 Å². The van der Waals surface area contributed by atoms with Crippen LogP contribution in [0.2, 0.25) is 0 Å². The monoisotopic (exact) mass is 440 g/mol. The third-order valence-corrected chi connectivity index (χ3v) is 5.01. The van der Waals surface area contributed by atoms with Crippen molar-refractivity contribution in [3.8, 4) is 11.5 Å². The van der Waals surface area contributed by atoms with E-state index in [9.17, 15) is 24.1 Å². The van der Waals surface area contributed by atoms with Crippen LogP contribution in [0.5, 0.6) is 0 Å².